The van der Waals surface area contributed by atoms with Crippen LogP contribution < -0.4 is 10.6 Å². The summed E-state index contributed by atoms with van der Waals surface area (Å²) in [5.41, 5.74) is 3.15. The fraction of sp³-hybridized carbons (Fsp3) is 0.636. The van der Waals surface area contributed by atoms with Crippen molar-refractivity contribution in [3.05, 3.63) is 48.0 Å². The maximum Gasteiger partial charge on any atom is 0.0220 e. The third-order valence-electron chi connectivity index (χ3n) is 6.45. The molecular formula is C22H36N4. The van der Waals surface area contributed by atoms with Gasteiger partial charge in [0, 0.05) is 46.7 Å². The molecule has 0 saturated carbocycles. The Labute approximate surface area is 158 Å². The molecule has 4 rings (SSSR count). The fourth-order valence-electron chi connectivity index (χ4n) is 4.44. The molecule has 4 N–H and O–H groups in total. The molecule has 2 fully saturated rings. The number of nitrogens with one attached hydrogen (secondary N) is 4. The van der Waals surface area contributed by atoms with Crippen LogP contribution in [0.1, 0.15) is 64.8 Å². The summed E-state index contributed by atoms with van der Waals surface area (Å²) in [5.74, 6) is 0. The van der Waals surface area contributed by atoms with E-state index < -0.39 is 0 Å². The van der Waals surface area contributed by atoms with Crippen LogP contribution in [-0.2, 0) is 10.8 Å². The highest BCUT2D eigenvalue weighted by Gasteiger charge is 2.34. The van der Waals surface area contributed by atoms with E-state index in [2.05, 4.69) is 72.6 Å². The number of hydrogen-bond acceptors (Lipinski definition) is 2. The highest BCUT2D eigenvalue weighted by molar-refractivity contribution is 5.20. The van der Waals surface area contributed by atoms with Crippen LogP contribution in [0.15, 0.2) is 36.7 Å². The summed E-state index contributed by atoms with van der Waals surface area (Å²) in [6.45, 7) is 11.6. The van der Waals surface area contributed by atoms with Crippen LogP contribution in [0, 0.1) is 0 Å². The van der Waals surface area contributed by atoms with E-state index in [0.717, 1.165) is 0 Å². The van der Waals surface area contributed by atoms with Crippen molar-refractivity contribution < 1.29 is 0 Å². The molecule has 2 aromatic rings. The van der Waals surface area contributed by atoms with E-state index >= 15 is 0 Å². The maximum absolute atomic E-state index is 3.57. The van der Waals surface area contributed by atoms with Gasteiger partial charge in [0.1, 0.15) is 0 Å². The van der Waals surface area contributed by atoms with E-state index in [9.17, 15) is 0 Å². The first-order valence-electron chi connectivity index (χ1n) is 10.2. The first-order chi connectivity index (χ1) is 12.4. The molecule has 2 aromatic heterocycles. The van der Waals surface area contributed by atoms with E-state index in [4.69, 9.17) is 0 Å². The van der Waals surface area contributed by atoms with Gasteiger partial charge in [-0.15, -0.1) is 0 Å². The summed E-state index contributed by atoms with van der Waals surface area (Å²) in [7, 11) is 0. The Morgan fingerprint density at radius 2 is 1.15 bits per heavy atom. The fourth-order valence-corrected chi connectivity index (χ4v) is 4.44. The zero-order valence-electron chi connectivity index (χ0n) is 16.9. The van der Waals surface area contributed by atoms with Gasteiger partial charge in [-0.1, -0.05) is 27.7 Å². The lowest BCUT2D eigenvalue weighted by atomic mass is 9.80. The second-order valence-corrected chi connectivity index (χ2v) is 8.91. The second kappa shape index (κ2) is 8.01. The smallest absolute Gasteiger partial charge is 0.0220 e. The van der Waals surface area contributed by atoms with Crippen molar-refractivity contribution in [2.24, 2.45) is 0 Å². The van der Waals surface area contributed by atoms with E-state index in [-0.39, 0.29) is 10.8 Å². The first-order valence-corrected chi connectivity index (χ1v) is 10.2. The molecule has 26 heavy (non-hydrogen) atoms. The molecule has 0 radical (unpaired) electrons. The zero-order valence-corrected chi connectivity index (χ0v) is 16.9. The minimum absolute atomic E-state index is 0.236. The summed E-state index contributed by atoms with van der Waals surface area (Å²) in [6, 6.07) is 9.77. The second-order valence-electron chi connectivity index (χ2n) is 8.91. The van der Waals surface area contributed by atoms with Crippen LogP contribution in [0.5, 0.6) is 0 Å². The van der Waals surface area contributed by atoms with Gasteiger partial charge in [0.2, 0.25) is 0 Å². The highest BCUT2D eigenvalue weighted by atomic mass is 15.0. The Bertz CT molecular complexity index is 570. The minimum Gasteiger partial charge on any atom is -0.365 e. The molecule has 2 atom stereocenters. The third kappa shape index (κ3) is 4.07. The van der Waals surface area contributed by atoms with Crippen LogP contribution in [-0.4, -0.2) is 35.1 Å². The summed E-state index contributed by atoms with van der Waals surface area (Å²) < 4.78 is 0. The molecular weight excluding hydrogens is 320 g/mol. The molecule has 0 amide bonds. The molecule has 0 unspecified atom stereocenters. The number of H-pyrrole nitrogens is 2. The number of hydrogen-bond donors (Lipinski definition) is 4. The Balaban J connectivity index is 0.000000151. The average Bonchev–Trinajstić information content (AvgIpc) is 3.47. The van der Waals surface area contributed by atoms with Crippen LogP contribution >= 0.6 is 0 Å². The van der Waals surface area contributed by atoms with Gasteiger partial charge in [0.05, 0.1) is 0 Å². The molecule has 0 aliphatic carbocycles. The van der Waals surface area contributed by atoms with Crippen molar-refractivity contribution >= 4 is 0 Å². The van der Waals surface area contributed by atoms with E-state index in [1.165, 1.54) is 50.2 Å². The molecule has 2 aliphatic heterocycles. The van der Waals surface area contributed by atoms with Crippen LogP contribution in [0.25, 0.3) is 0 Å². The highest BCUT2D eigenvalue weighted by Crippen LogP contribution is 2.31. The molecule has 0 spiro atoms. The van der Waals surface area contributed by atoms with Gasteiger partial charge in [-0.25, -0.2) is 0 Å². The first kappa shape index (κ1) is 19.2. The predicted molar refractivity (Wildman–Crippen MR) is 110 cm³/mol. The van der Waals surface area contributed by atoms with Crippen molar-refractivity contribution in [2.75, 3.05) is 13.1 Å². The molecule has 2 saturated heterocycles. The van der Waals surface area contributed by atoms with Gasteiger partial charge in [0.15, 0.2) is 0 Å². The van der Waals surface area contributed by atoms with Gasteiger partial charge in [-0.05, 0) is 63.0 Å². The number of aromatic amines is 2. The maximum atomic E-state index is 3.57. The predicted octanol–water partition coefficient (Wildman–Crippen LogP) is 4.09. The third-order valence-corrected chi connectivity index (χ3v) is 6.45. The lowest BCUT2D eigenvalue weighted by molar-refractivity contribution is 0.369. The molecule has 144 valence electrons. The SMILES string of the molecule is CC(C)(c1ccc[nH]1)[C@H]1CCCN1.CC(C)(c1ccc[nH]1)[C@H]1CCCN1. The van der Waals surface area contributed by atoms with Gasteiger partial charge in [-0.3, -0.25) is 0 Å². The molecule has 4 heteroatoms. The topological polar surface area (TPSA) is 55.6 Å². The van der Waals surface area contributed by atoms with E-state index in [1.807, 2.05) is 12.4 Å². The van der Waals surface area contributed by atoms with Crippen molar-refractivity contribution in [1.29, 1.82) is 0 Å². The zero-order chi connectivity index (χ0) is 18.6. The average molecular weight is 357 g/mol. The monoisotopic (exact) mass is 356 g/mol. The molecule has 4 nitrogen and oxygen atoms in total. The Morgan fingerprint density at radius 3 is 1.42 bits per heavy atom. The van der Waals surface area contributed by atoms with Crippen molar-refractivity contribution in [2.45, 2.75) is 76.3 Å². The number of rotatable bonds is 4. The van der Waals surface area contributed by atoms with E-state index in [0.29, 0.717) is 12.1 Å². The van der Waals surface area contributed by atoms with Gasteiger partial charge >= 0.3 is 0 Å². The summed E-state index contributed by atoms with van der Waals surface area (Å²) in [4.78, 5) is 6.63. The Hall–Kier alpha value is -1.52. The van der Waals surface area contributed by atoms with Crippen molar-refractivity contribution in [3.8, 4) is 0 Å². The largest absolute Gasteiger partial charge is 0.365 e. The standard InChI is InChI=1S/2C11H18N2/c2*1-11(2,9-5-3-7-12-9)10-6-4-8-13-10/h2*3,5,7,10,12-13H,4,6,8H2,1-2H3/t2*10-/m11/s1. The Kier molecular flexibility index (Phi) is 5.93. The normalized spacial score (nSPS) is 23.7. The molecule has 2 aliphatic rings. The van der Waals surface area contributed by atoms with Gasteiger partial charge in [0.25, 0.3) is 0 Å². The van der Waals surface area contributed by atoms with Crippen molar-refractivity contribution in [3.63, 3.8) is 0 Å². The van der Waals surface area contributed by atoms with Crippen molar-refractivity contribution in [1.82, 2.24) is 20.6 Å². The lowest BCUT2D eigenvalue weighted by Gasteiger charge is -2.30. The quantitative estimate of drug-likeness (QED) is 0.667. The van der Waals surface area contributed by atoms with Gasteiger partial charge < -0.3 is 20.6 Å². The molecule has 4 heterocycles. The van der Waals surface area contributed by atoms with Crippen LogP contribution in [0.2, 0.25) is 0 Å². The molecule has 0 bridgehead atoms. The number of aromatic nitrogens is 2. The van der Waals surface area contributed by atoms with Gasteiger partial charge in [-0.2, -0.15) is 0 Å². The minimum atomic E-state index is 0.236. The van der Waals surface area contributed by atoms with Crippen LogP contribution in [0.3, 0.4) is 0 Å². The van der Waals surface area contributed by atoms with E-state index in [1.54, 1.807) is 0 Å². The summed E-state index contributed by atoms with van der Waals surface area (Å²) in [5, 5.41) is 7.13. The summed E-state index contributed by atoms with van der Waals surface area (Å²) >= 11 is 0. The van der Waals surface area contributed by atoms with Crippen LogP contribution in [0.4, 0.5) is 0 Å². The Morgan fingerprint density at radius 1 is 0.731 bits per heavy atom. The lowest BCUT2D eigenvalue weighted by Crippen LogP contribution is -2.40. The summed E-state index contributed by atoms with van der Waals surface area (Å²) in [6.07, 6.45) is 9.24. The molecule has 0 aromatic carbocycles.